The number of carbonyl (C=O) groups is 2. The van der Waals surface area contributed by atoms with Gasteiger partial charge in [0.1, 0.15) is 5.75 Å². The Hall–Kier alpha value is -2.86. The zero-order valence-electron chi connectivity index (χ0n) is 15.2. The van der Waals surface area contributed by atoms with Crippen LogP contribution in [0.25, 0.3) is 0 Å². The normalized spacial score (nSPS) is 18.6. The molecule has 1 N–H and O–H groups in total. The molecule has 0 aliphatic carbocycles. The fourth-order valence-corrected chi connectivity index (χ4v) is 3.63. The fraction of sp³-hybridized carbons (Fsp3) is 0.333. The summed E-state index contributed by atoms with van der Waals surface area (Å²) in [6.45, 7) is 2.67. The number of piperazine rings is 1. The molecule has 0 aromatic heterocycles. The van der Waals surface area contributed by atoms with E-state index in [1.54, 1.807) is 12.1 Å². The van der Waals surface area contributed by atoms with Crippen molar-refractivity contribution < 1.29 is 19.1 Å². The summed E-state index contributed by atoms with van der Waals surface area (Å²) in [6, 6.07) is 13.0. The molecule has 0 spiro atoms. The number of hydrogen-bond donors (Lipinski definition) is 1. The Morgan fingerprint density at radius 2 is 1.93 bits per heavy atom. The van der Waals surface area contributed by atoms with Gasteiger partial charge in [-0.1, -0.05) is 12.1 Å². The van der Waals surface area contributed by atoms with Gasteiger partial charge < -0.3 is 19.7 Å². The Balaban J connectivity index is 1.47. The maximum Gasteiger partial charge on any atom is 0.337 e. The molecule has 2 aliphatic rings. The van der Waals surface area contributed by atoms with Gasteiger partial charge in [0.2, 0.25) is 0 Å². The van der Waals surface area contributed by atoms with Crippen LogP contribution in [0.5, 0.6) is 5.75 Å². The molecule has 2 aromatic rings. The van der Waals surface area contributed by atoms with Gasteiger partial charge in [-0.15, -0.1) is 0 Å². The largest absolute Gasteiger partial charge is 0.493 e. The summed E-state index contributed by atoms with van der Waals surface area (Å²) in [6.07, 6.45) is 0.854. The molecule has 0 radical (unpaired) electrons. The first-order chi connectivity index (χ1) is 13.2. The number of carbonyl (C=O) groups excluding carboxylic acids is 2. The molecule has 6 heteroatoms. The maximum atomic E-state index is 13.0. The van der Waals surface area contributed by atoms with E-state index in [2.05, 4.69) is 5.32 Å². The number of nitrogens with zero attached hydrogens (tertiary/aromatic N) is 1. The molecule has 1 fully saturated rings. The maximum absolute atomic E-state index is 13.0. The standard InChI is InChI=1S/C21H22N2O4/c1-26-21(25)15-4-2-14(3-5-15)18-13-23(10-9-22-18)20(24)17-6-7-19-16(12-17)8-11-27-19/h2-7,12,18,22H,8-11,13H2,1H3. The van der Waals surface area contributed by atoms with Gasteiger partial charge in [-0.3, -0.25) is 4.79 Å². The van der Waals surface area contributed by atoms with E-state index in [0.29, 0.717) is 30.8 Å². The number of ether oxygens (including phenoxy) is 2. The average molecular weight is 366 g/mol. The smallest absolute Gasteiger partial charge is 0.337 e. The van der Waals surface area contributed by atoms with Crippen LogP contribution in [0, 0.1) is 0 Å². The number of hydrogen-bond acceptors (Lipinski definition) is 5. The van der Waals surface area contributed by atoms with E-state index in [0.717, 1.165) is 29.8 Å². The van der Waals surface area contributed by atoms with Gasteiger partial charge in [0.05, 0.1) is 19.3 Å². The molecule has 140 valence electrons. The molecule has 2 aromatic carbocycles. The lowest BCUT2D eigenvalue weighted by Gasteiger charge is -2.34. The van der Waals surface area contributed by atoms with E-state index in [4.69, 9.17) is 9.47 Å². The van der Waals surface area contributed by atoms with Crippen LogP contribution in [0.4, 0.5) is 0 Å². The third-order valence-electron chi connectivity index (χ3n) is 5.13. The van der Waals surface area contributed by atoms with Gasteiger partial charge in [0.15, 0.2) is 0 Å². The Morgan fingerprint density at radius 3 is 2.70 bits per heavy atom. The van der Waals surface area contributed by atoms with E-state index >= 15 is 0 Å². The molecular weight excluding hydrogens is 344 g/mol. The van der Waals surface area contributed by atoms with Crippen LogP contribution < -0.4 is 10.1 Å². The first-order valence-electron chi connectivity index (χ1n) is 9.12. The van der Waals surface area contributed by atoms with Crippen LogP contribution in [0.3, 0.4) is 0 Å². The number of benzene rings is 2. The molecule has 1 atom stereocenters. The van der Waals surface area contributed by atoms with Crippen LogP contribution in [-0.2, 0) is 11.2 Å². The predicted molar refractivity (Wildman–Crippen MR) is 100 cm³/mol. The van der Waals surface area contributed by atoms with Crippen LogP contribution >= 0.6 is 0 Å². The zero-order chi connectivity index (χ0) is 18.8. The highest BCUT2D eigenvalue weighted by Crippen LogP contribution is 2.27. The molecule has 1 saturated heterocycles. The van der Waals surface area contributed by atoms with Crippen LogP contribution in [0.1, 0.15) is 37.9 Å². The van der Waals surface area contributed by atoms with Gasteiger partial charge in [-0.05, 0) is 41.5 Å². The molecule has 1 amide bonds. The summed E-state index contributed by atoms with van der Waals surface area (Å²) >= 11 is 0. The first kappa shape index (κ1) is 17.5. The average Bonchev–Trinajstić information content (AvgIpc) is 3.20. The van der Waals surface area contributed by atoms with Crippen LogP contribution in [0.2, 0.25) is 0 Å². The second-order valence-electron chi connectivity index (χ2n) is 6.79. The fourth-order valence-electron chi connectivity index (χ4n) is 3.63. The third kappa shape index (κ3) is 3.53. The van der Waals surface area contributed by atoms with Gasteiger partial charge >= 0.3 is 5.97 Å². The van der Waals surface area contributed by atoms with Crippen molar-refractivity contribution in [1.82, 2.24) is 10.2 Å². The minimum atomic E-state index is -0.351. The van der Waals surface area contributed by atoms with E-state index in [1.807, 2.05) is 35.2 Å². The molecule has 0 bridgehead atoms. The number of amides is 1. The number of esters is 1. The summed E-state index contributed by atoms with van der Waals surface area (Å²) in [5, 5.41) is 3.45. The van der Waals surface area contributed by atoms with Crippen LogP contribution in [-0.4, -0.2) is 50.1 Å². The predicted octanol–water partition coefficient (Wildman–Crippen LogP) is 2.19. The van der Waals surface area contributed by atoms with E-state index in [1.165, 1.54) is 7.11 Å². The van der Waals surface area contributed by atoms with Crippen molar-refractivity contribution in [1.29, 1.82) is 0 Å². The Kier molecular flexibility index (Phi) is 4.81. The number of fused-ring (bicyclic) bond motifs is 1. The quantitative estimate of drug-likeness (QED) is 0.844. The third-order valence-corrected chi connectivity index (χ3v) is 5.13. The Morgan fingerprint density at radius 1 is 1.15 bits per heavy atom. The molecule has 0 saturated carbocycles. The number of rotatable bonds is 3. The second-order valence-corrected chi connectivity index (χ2v) is 6.79. The lowest BCUT2D eigenvalue weighted by atomic mass is 10.0. The molecule has 1 unspecified atom stereocenters. The van der Waals surface area contributed by atoms with Gasteiger partial charge in [-0.25, -0.2) is 4.79 Å². The van der Waals surface area contributed by atoms with Crippen molar-refractivity contribution in [2.24, 2.45) is 0 Å². The number of methoxy groups -OCH3 is 1. The SMILES string of the molecule is COC(=O)c1ccc(C2CN(C(=O)c3ccc4c(c3)CCO4)CCN2)cc1. The van der Waals surface area contributed by atoms with E-state index < -0.39 is 0 Å². The summed E-state index contributed by atoms with van der Waals surface area (Å²) in [5.41, 5.74) is 3.37. The van der Waals surface area contributed by atoms with Crippen molar-refractivity contribution in [3.63, 3.8) is 0 Å². The van der Waals surface area contributed by atoms with Crippen molar-refractivity contribution in [3.8, 4) is 5.75 Å². The highest BCUT2D eigenvalue weighted by molar-refractivity contribution is 5.95. The molecule has 4 rings (SSSR count). The van der Waals surface area contributed by atoms with Crippen molar-refractivity contribution >= 4 is 11.9 Å². The highest BCUT2D eigenvalue weighted by Gasteiger charge is 2.26. The van der Waals surface area contributed by atoms with Crippen LogP contribution in [0.15, 0.2) is 42.5 Å². The monoisotopic (exact) mass is 366 g/mol. The van der Waals surface area contributed by atoms with Crippen molar-refractivity contribution in [2.75, 3.05) is 33.4 Å². The Labute approximate surface area is 158 Å². The van der Waals surface area contributed by atoms with Gasteiger partial charge in [-0.2, -0.15) is 0 Å². The molecule has 6 nitrogen and oxygen atoms in total. The van der Waals surface area contributed by atoms with Gasteiger partial charge in [0, 0.05) is 37.7 Å². The summed E-state index contributed by atoms with van der Waals surface area (Å²) in [7, 11) is 1.37. The Bertz CT molecular complexity index is 863. The minimum absolute atomic E-state index is 0.0344. The topological polar surface area (TPSA) is 67.9 Å². The second kappa shape index (κ2) is 7.40. The zero-order valence-corrected chi connectivity index (χ0v) is 15.2. The summed E-state index contributed by atoms with van der Waals surface area (Å²) < 4.78 is 10.3. The summed E-state index contributed by atoms with van der Waals surface area (Å²) in [5.74, 6) is 0.577. The lowest BCUT2D eigenvalue weighted by molar-refractivity contribution is 0.0600. The van der Waals surface area contributed by atoms with Crippen molar-refractivity contribution in [2.45, 2.75) is 12.5 Å². The molecule has 27 heavy (non-hydrogen) atoms. The molecule has 2 heterocycles. The summed E-state index contributed by atoms with van der Waals surface area (Å²) in [4.78, 5) is 26.4. The van der Waals surface area contributed by atoms with Gasteiger partial charge in [0.25, 0.3) is 5.91 Å². The molecule has 2 aliphatic heterocycles. The first-order valence-corrected chi connectivity index (χ1v) is 9.12. The van der Waals surface area contributed by atoms with E-state index in [9.17, 15) is 9.59 Å². The highest BCUT2D eigenvalue weighted by atomic mass is 16.5. The minimum Gasteiger partial charge on any atom is -0.493 e. The van der Waals surface area contributed by atoms with Crippen molar-refractivity contribution in [3.05, 3.63) is 64.7 Å². The lowest BCUT2D eigenvalue weighted by Crippen LogP contribution is -2.48. The van der Waals surface area contributed by atoms with E-state index in [-0.39, 0.29) is 17.9 Å². The number of nitrogens with one attached hydrogen (secondary N) is 1. The molecular formula is C21H22N2O4.